The minimum Gasteiger partial charge on any atom is -0.481 e. The number of aliphatic carboxylic acids is 2. The third-order valence-corrected chi connectivity index (χ3v) is 1.78. The molecular weight excluding hydrogens is 224 g/mol. The van der Waals surface area contributed by atoms with Crippen molar-refractivity contribution < 1.29 is 19.8 Å². The van der Waals surface area contributed by atoms with Crippen LogP contribution in [-0.2, 0) is 9.59 Å². The second-order valence-corrected chi connectivity index (χ2v) is 3.06. The van der Waals surface area contributed by atoms with Crippen molar-refractivity contribution in [3.63, 3.8) is 0 Å². The summed E-state index contributed by atoms with van der Waals surface area (Å²) in [7, 11) is 0. The molecular formula is C11H26N2O4. The van der Waals surface area contributed by atoms with Crippen molar-refractivity contribution in [2.45, 2.75) is 44.9 Å². The Morgan fingerprint density at radius 1 is 0.706 bits per heavy atom. The smallest absolute Gasteiger partial charge is 0.303 e. The number of carboxylic acid groups (broad SMARTS) is 2. The molecule has 0 fully saturated rings. The van der Waals surface area contributed by atoms with Gasteiger partial charge in [-0.2, -0.15) is 0 Å². The molecule has 0 spiro atoms. The predicted molar refractivity (Wildman–Crippen MR) is 68.9 cm³/mol. The van der Waals surface area contributed by atoms with Crippen LogP contribution in [0.5, 0.6) is 0 Å². The van der Waals surface area contributed by atoms with Gasteiger partial charge in [-0.05, 0) is 12.8 Å². The minimum atomic E-state index is -0.759. The first-order chi connectivity index (χ1) is 7.13. The van der Waals surface area contributed by atoms with Crippen molar-refractivity contribution in [1.82, 2.24) is 12.3 Å². The average Bonchev–Trinajstić information content (AvgIpc) is 2.18. The van der Waals surface area contributed by atoms with Crippen LogP contribution in [0.15, 0.2) is 13.2 Å². The van der Waals surface area contributed by atoms with Crippen molar-refractivity contribution >= 4 is 11.9 Å². The lowest BCUT2D eigenvalue weighted by molar-refractivity contribution is -0.138. The maximum atomic E-state index is 10.1. The maximum absolute atomic E-state index is 10.1. The molecule has 0 rings (SSSR count). The van der Waals surface area contributed by atoms with E-state index in [0.717, 1.165) is 19.3 Å². The summed E-state index contributed by atoms with van der Waals surface area (Å²) in [5, 5.41) is 16.6. The zero-order valence-corrected chi connectivity index (χ0v) is 10.5. The van der Waals surface area contributed by atoms with Gasteiger partial charge in [0.25, 0.3) is 0 Å². The molecule has 0 aliphatic heterocycles. The highest BCUT2D eigenvalue weighted by Crippen LogP contribution is 2.06. The zero-order chi connectivity index (χ0) is 12.1. The standard InChI is InChI=1S/C9H16O4.C2H4.2H3N/c10-8(11)6-4-2-1-3-5-7-9(12)13;1-2;;/h1-7H2,(H,10,11)(H,12,13);1-2H2;2*1H3. The molecule has 8 N–H and O–H groups in total. The van der Waals surface area contributed by atoms with Gasteiger partial charge in [-0.15, -0.1) is 13.2 Å². The van der Waals surface area contributed by atoms with Crippen LogP contribution in [0.4, 0.5) is 0 Å². The first kappa shape index (κ1) is 24.7. The molecule has 0 aliphatic carbocycles. The monoisotopic (exact) mass is 250 g/mol. The molecule has 0 heterocycles. The number of rotatable bonds is 8. The third-order valence-electron chi connectivity index (χ3n) is 1.78. The van der Waals surface area contributed by atoms with Crippen LogP contribution >= 0.6 is 0 Å². The van der Waals surface area contributed by atoms with E-state index in [2.05, 4.69) is 13.2 Å². The number of carboxylic acids is 2. The van der Waals surface area contributed by atoms with E-state index < -0.39 is 11.9 Å². The third kappa shape index (κ3) is 31.3. The first-order valence-corrected chi connectivity index (χ1v) is 5.06. The van der Waals surface area contributed by atoms with Gasteiger partial charge in [0, 0.05) is 12.8 Å². The van der Waals surface area contributed by atoms with E-state index in [1.165, 1.54) is 0 Å². The molecule has 104 valence electrons. The predicted octanol–water partition coefficient (Wildman–Crippen LogP) is 3.01. The van der Waals surface area contributed by atoms with E-state index in [9.17, 15) is 9.59 Å². The Labute approximate surface area is 103 Å². The van der Waals surface area contributed by atoms with Crippen molar-refractivity contribution in [1.29, 1.82) is 0 Å². The Bertz CT molecular complexity index is 168. The van der Waals surface area contributed by atoms with Crippen LogP contribution < -0.4 is 12.3 Å². The molecule has 0 aromatic heterocycles. The molecule has 0 atom stereocenters. The molecule has 0 amide bonds. The van der Waals surface area contributed by atoms with E-state index in [-0.39, 0.29) is 25.1 Å². The van der Waals surface area contributed by atoms with E-state index in [1.807, 2.05) is 0 Å². The lowest BCUT2D eigenvalue weighted by Crippen LogP contribution is -1.95. The van der Waals surface area contributed by atoms with Gasteiger partial charge in [0.15, 0.2) is 0 Å². The highest BCUT2D eigenvalue weighted by Gasteiger charge is 1.98. The molecule has 0 bridgehead atoms. The Balaban J connectivity index is -0.000000199. The Kier molecular flexibility index (Phi) is 29.2. The lowest BCUT2D eigenvalue weighted by Gasteiger charge is -1.97. The van der Waals surface area contributed by atoms with Crippen molar-refractivity contribution in [3.8, 4) is 0 Å². The van der Waals surface area contributed by atoms with Crippen LogP contribution in [0.3, 0.4) is 0 Å². The maximum Gasteiger partial charge on any atom is 0.303 e. The Morgan fingerprint density at radius 3 is 1.18 bits per heavy atom. The van der Waals surface area contributed by atoms with Crippen LogP contribution in [0.1, 0.15) is 44.9 Å². The summed E-state index contributed by atoms with van der Waals surface area (Å²) >= 11 is 0. The summed E-state index contributed by atoms with van der Waals surface area (Å²) in [6.45, 7) is 6.00. The topological polar surface area (TPSA) is 145 Å². The molecule has 0 saturated heterocycles. The van der Waals surface area contributed by atoms with Crippen LogP contribution in [0, 0.1) is 0 Å². The largest absolute Gasteiger partial charge is 0.481 e. The van der Waals surface area contributed by atoms with Gasteiger partial charge in [-0.25, -0.2) is 0 Å². The van der Waals surface area contributed by atoms with Gasteiger partial charge in [0.2, 0.25) is 0 Å². The molecule has 0 aromatic rings. The summed E-state index contributed by atoms with van der Waals surface area (Å²) in [6, 6.07) is 0. The van der Waals surface area contributed by atoms with E-state index >= 15 is 0 Å². The number of hydrogen-bond donors (Lipinski definition) is 4. The number of unbranched alkanes of at least 4 members (excludes halogenated alkanes) is 4. The van der Waals surface area contributed by atoms with Crippen LogP contribution in [0.2, 0.25) is 0 Å². The van der Waals surface area contributed by atoms with E-state index in [1.54, 1.807) is 0 Å². The highest BCUT2D eigenvalue weighted by atomic mass is 16.4. The quantitative estimate of drug-likeness (QED) is 0.385. The number of carbonyl (C=O) groups is 2. The second kappa shape index (κ2) is 20.1. The first-order valence-electron chi connectivity index (χ1n) is 5.06. The van der Waals surface area contributed by atoms with Gasteiger partial charge < -0.3 is 22.5 Å². The molecule has 6 heteroatoms. The zero-order valence-electron chi connectivity index (χ0n) is 10.5. The van der Waals surface area contributed by atoms with E-state index in [4.69, 9.17) is 10.2 Å². The second-order valence-electron chi connectivity index (χ2n) is 3.06. The van der Waals surface area contributed by atoms with Gasteiger partial charge in [-0.3, -0.25) is 9.59 Å². The van der Waals surface area contributed by atoms with Gasteiger partial charge in [0.1, 0.15) is 0 Å². The Hall–Kier alpha value is -1.40. The molecule has 17 heavy (non-hydrogen) atoms. The average molecular weight is 250 g/mol. The normalized spacial score (nSPS) is 7.76. The summed E-state index contributed by atoms with van der Waals surface area (Å²) < 4.78 is 0. The summed E-state index contributed by atoms with van der Waals surface area (Å²) in [5.74, 6) is -1.52. The van der Waals surface area contributed by atoms with E-state index in [0.29, 0.717) is 12.8 Å². The number of hydrogen-bond acceptors (Lipinski definition) is 4. The fraction of sp³-hybridized carbons (Fsp3) is 0.636. The van der Waals surface area contributed by atoms with Crippen LogP contribution in [-0.4, -0.2) is 22.2 Å². The van der Waals surface area contributed by atoms with Crippen LogP contribution in [0.25, 0.3) is 0 Å². The fourth-order valence-corrected chi connectivity index (χ4v) is 1.08. The minimum absolute atomic E-state index is 0. The fourth-order valence-electron chi connectivity index (χ4n) is 1.08. The molecule has 0 saturated carbocycles. The molecule has 0 aliphatic rings. The van der Waals surface area contributed by atoms with Gasteiger partial charge in [0.05, 0.1) is 0 Å². The molecule has 0 radical (unpaired) electrons. The summed E-state index contributed by atoms with van der Waals surface area (Å²) in [4.78, 5) is 20.2. The SMILES string of the molecule is C=C.N.N.O=C(O)CCCCCCCC(=O)O. The molecule has 6 nitrogen and oxygen atoms in total. The summed E-state index contributed by atoms with van der Waals surface area (Å²) in [5.41, 5.74) is 0. The van der Waals surface area contributed by atoms with Gasteiger partial charge >= 0.3 is 11.9 Å². The van der Waals surface area contributed by atoms with Crippen molar-refractivity contribution in [2.24, 2.45) is 0 Å². The highest BCUT2D eigenvalue weighted by molar-refractivity contribution is 5.66. The summed E-state index contributed by atoms with van der Waals surface area (Å²) in [6.07, 6.45) is 4.53. The Morgan fingerprint density at radius 2 is 0.941 bits per heavy atom. The van der Waals surface area contributed by atoms with Crippen molar-refractivity contribution in [2.75, 3.05) is 0 Å². The molecule has 0 unspecified atom stereocenters. The van der Waals surface area contributed by atoms with Crippen molar-refractivity contribution in [3.05, 3.63) is 13.2 Å². The van der Waals surface area contributed by atoms with Gasteiger partial charge in [-0.1, -0.05) is 19.3 Å². The molecule has 0 aromatic carbocycles. The lowest BCUT2D eigenvalue weighted by atomic mass is 10.1.